The zero-order valence-corrected chi connectivity index (χ0v) is 24.3. The quantitative estimate of drug-likeness (QED) is 0.176. The van der Waals surface area contributed by atoms with E-state index < -0.39 is 6.04 Å². The van der Waals surface area contributed by atoms with E-state index in [-0.39, 0.29) is 18.1 Å². The fourth-order valence-electron chi connectivity index (χ4n) is 4.78. The minimum atomic E-state index is -0.523. The molecule has 0 saturated heterocycles. The lowest BCUT2D eigenvalue weighted by molar-refractivity contribution is -0.135. The van der Waals surface area contributed by atoms with Gasteiger partial charge in [0.1, 0.15) is 17.3 Å². The molecule has 7 nitrogen and oxygen atoms in total. The minimum Gasteiger partial charge on any atom is -0.495 e. The highest BCUT2D eigenvalue weighted by molar-refractivity contribution is 6.30. The second kappa shape index (κ2) is 13.5. The van der Waals surface area contributed by atoms with Crippen LogP contribution in [0.3, 0.4) is 0 Å². The number of rotatable bonds is 12. The van der Waals surface area contributed by atoms with Crippen molar-refractivity contribution in [2.75, 3.05) is 20.3 Å². The maximum atomic E-state index is 14.0. The van der Waals surface area contributed by atoms with Crippen LogP contribution in [0.2, 0.25) is 5.02 Å². The van der Waals surface area contributed by atoms with Crippen LogP contribution in [-0.2, 0) is 4.79 Å². The van der Waals surface area contributed by atoms with Crippen LogP contribution >= 0.6 is 11.6 Å². The van der Waals surface area contributed by atoms with E-state index in [1.165, 1.54) is 0 Å². The summed E-state index contributed by atoms with van der Waals surface area (Å²) in [6.45, 7) is 6.39. The number of ether oxygens (including phenoxy) is 2. The van der Waals surface area contributed by atoms with Gasteiger partial charge in [-0.25, -0.2) is 4.98 Å². The summed E-state index contributed by atoms with van der Waals surface area (Å²) in [7, 11) is 1.58. The fraction of sp³-hybridized carbons (Fsp3) is 0.344. The van der Waals surface area contributed by atoms with Gasteiger partial charge in [0.25, 0.3) is 11.5 Å². The number of amides is 1. The van der Waals surface area contributed by atoms with E-state index in [4.69, 9.17) is 26.1 Å². The molecule has 40 heavy (non-hydrogen) atoms. The second-order valence-electron chi connectivity index (χ2n) is 9.87. The summed E-state index contributed by atoms with van der Waals surface area (Å²) in [6, 6.07) is 19.3. The molecule has 0 aliphatic heterocycles. The number of nitrogens with zero attached hydrogens (tertiary/aromatic N) is 3. The summed E-state index contributed by atoms with van der Waals surface area (Å²) in [4.78, 5) is 34.4. The molecule has 0 saturated carbocycles. The molecule has 0 radical (unpaired) electrons. The van der Waals surface area contributed by atoms with Crippen molar-refractivity contribution in [3.63, 3.8) is 0 Å². The van der Waals surface area contributed by atoms with Crippen LogP contribution < -0.4 is 15.0 Å². The first kappa shape index (κ1) is 29.2. The molecule has 1 unspecified atom stereocenters. The standard InChI is InChI=1S/C32H36ClN3O4/c1-5-6-7-10-19-35(30(37)21-40-25-16-14-24(33)15-17-25)23(3)31-34-27-12-9-8-11-26(27)32(38)36(31)28-20-22(2)13-18-29(28)39-4/h8-9,11-18,20,23H,5-7,10,19,21H2,1-4H3. The normalized spacial score (nSPS) is 11.8. The molecule has 1 amide bonds. The van der Waals surface area contributed by atoms with Crippen molar-refractivity contribution in [2.24, 2.45) is 0 Å². The molecule has 0 aliphatic rings. The van der Waals surface area contributed by atoms with Gasteiger partial charge >= 0.3 is 0 Å². The zero-order valence-electron chi connectivity index (χ0n) is 23.5. The Morgan fingerprint density at radius 2 is 1.80 bits per heavy atom. The predicted octanol–water partition coefficient (Wildman–Crippen LogP) is 6.91. The first-order valence-corrected chi connectivity index (χ1v) is 14.1. The van der Waals surface area contributed by atoms with Gasteiger partial charge in [0.05, 0.1) is 29.7 Å². The first-order valence-electron chi connectivity index (χ1n) is 13.7. The van der Waals surface area contributed by atoms with E-state index >= 15 is 0 Å². The van der Waals surface area contributed by atoms with Crippen molar-refractivity contribution in [1.29, 1.82) is 0 Å². The molecular weight excluding hydrogens is 526 g/mol. The lowest BCUT2D eigenvalue weighted by Crippen LogP contribution is -2.40. The molecule has 1 aromatic heterocycles. The van der Waals surface area contributed by atoms with Crippen LogP contribution in [0.25, 0.3) is 16.6 Å². The van der Waals surface area contributed by atoms with Crippen molar-refractivity contribution in [1.82, 2.24) is 14.5 Å². The summed E-state index contributed by atoms with van der Waals surface area (Å²) in [5.41, 5.74) is 1.92. The zero-order chi connectivity index (χ0) is 28.6. The largest absolute Gasteiger partial charge is 0.495 e. The monoisotopic (exact) mass is 561 g/mol. The van der Waals surface area contributed by atoms with Crippen LogP contribution in [0.1, 0.15) is 57.0 Å². The number of fused-ring (bicyclic) bond motifs is 1. The highest BCUT2D eigenvalue weighted by Crippen LogP contribution is 2.29. The molecule has 210 valence electrons. The molecule has 1 heterocycles. The van der Waals surface area contributed by atoms with Gasteiger partial charge in [-0.05, 0) is 74.4 Å². The van der Waals surface area contributed by atoms with Crippen molar-refractivity contribution < 1.29 is 14.3 Å². The van der Waals surface area contributed by atoms with Crippen molar-refractivity contribution in [3.8, 4) is 17.2 Å². The van der Waals surface area contributed by atoms with Crippen LogP contribution in [0, 0.1) is 6.92 Å². The number of carbonyl (C=O) groups excluding carboxylic acids is 1. The molecule has 0 N–H and O–H groups in total. The number of aryl methyl sites for hydroxylation is 1. The Morgan fingerprint density at radius 3 is 2.52 bits per heavy atom. The van der Waals surface area contributed by atoms with E-state index in [1.54, 1.807) is 46.9 Å². The number of carbonyl (C=O) groups is 1. The smallest absolute Gasteiger partial charge is 0.266 e. The minimum absolute atomic E-state index is 0.147. The van der Waals surface area contributed by atoms with E-state index in [2.05, 4.69) is 6.92 Å². The van der Waals surface area contributed by atoms with Gasteiger partial charge in [-0.3, -0.25) is 14.2 Å². The van der Waals surface area contributed by atoms with Gasteiger partial charge in [0, 0.05) is 11.6 Å². The Morgan fingerprint density at radius 1 is 1.05 bits per heavy atom. The summed E-state index contributed by atoms with van der Waals surface area (Å²) < 4.78 is 13.1. The van der Waals surface area contributed by atoms with Crippen LogP contribution in [0.5, 0.6) is 11.5 Å². The van der Waals surface area contributed by atoms with Crippen LogP contribution in [0.15, 0.2) is 71.5 Å². The first-order chi connectivity index (χ1) is 19.3. The Bertz CT molecular complexity index is 1520. The number of benzene rings is 3. The Hall–Kier alpha value is -3.84. The average Bonchev–Trinajstić information content (AvgIpc) is 2.96. The number of hydrogen-bond donors (Lipinski definition) is 0. The predicted molar refractivity (Wildman–Crippen MR) is 160 cm³/mol. The van der Waals surface area contributed by atoms with E-state index in [1.807, 2.05) is 50.2 Å². The average molecular weight is 562 g/mol. The van der Waals surface area contributed by atoms with Crippen LogP contribution in [-0.4, -0.2) is 40.6 Å². The molecule has 0 bridgehead atoms. The lowest BCUT2D eigenvalue weighted by atomic mass is 10.1. The lowest BCUT2D eigenvalue weighted by Gasteiger charge is -2.31. The van der Waals surface area contributed by atoms with Gasteiger partial charge in [-0.15, -0.1) is 0 Å². The third-order valence-corrected chi connectivity index (χ3v) is 7.22. The van der Waals surface area contributed by atoms with Gasteiger partial charge in [-0.1, -0.05) is 56.0 Å². The maximum Gasteiger partial charge on any atom is 0.266 e. The third kappa shape index (κ3) is 6.65. The molecule has 0 aliphatic carbocycles. The molecule has 1 atom stereocenters. The number of hydrogen-bond acceptors (Lipinski definition) is 5. The maximum absolute atomic E-state index is 14.0. The molecular formula is C32H36ClN3O4. The summed E-state index contributed by atoms with van der Waals surface area (Å²) in [5.74, 6) is 1.37. The van der Waals surface area contributed by atoms with Crippen molar-refractivity contribution in [3.05, 3.63) is 93.5 Å². The molecule has 4 rings (SSSR count). The molecule has 3 aromatic carbocycles. The van der Waals surface area contributed by atoms with Crippen molar-refractivity contribution >= 4 is 28.4 Å². The molecule has 4 aromatic rings. The second-order valence-corrected chi connectivity index (χ2v) is 10.3. The highest BCUT2D eigenvalue weighted by Gasteiger charge is 2.28. The van der Waals surface area contributed by atoms with Gasteiger partial charge in [0.2, 0.25) is 0 Å². The van der Waals surface area contributed by atoms with E-state index in [0.717, 1.165) is 31.2 Å². The number of para-hydroxylation sites is 1. The SMILES string of the molecule is CCCCCCN(C(=O)COc1ccc(Cl)cc1)C(C)c1nc2ccccc2c(=O)n1-c1cc(C)ccc1OC. The topological polar surface area (TPSA) is 73.7 Å². The van der Waals surface area contributed by atoms with Gasteiger partial charge < -0.3 is 14.4 Å². The van der Waals surface area contributed by atoms with Crippen LogP contribution in [0.4, 0.5) is 0 Å². The molecule has 0 spiro atoms. The molecule has 8 heteroatoms. The molecule has 0 fully saturated rings. The Kier molecular flexibility index (Phi) is 9.83. The Labute approximate surface area is 240 Å². The Balaban J connectivity index is 1.78. The summed E-state index contributed by atoms with van der Waals surface area (Å²) in [6.07, 6.45) is 3.99. The van der Waals surface area contributed by atoms with Gasteiger partial charge in [0.15, 0.2) is 6.61 Å². The van der Waals surface area contributed by atoms with E-state index in [0.29, 0.717) is 45.5 Å². The number of aromatic nitrogens is 2. The number of unbranched alkanes of at least 4 members (excludes halogenated alkanes) is 3. The summed E-state index contributed by atoms with van der Waals surface area (Å²) in [5, 5.41) is 1.09. The third-order valence-electron chi connectivity index (χ3n) is 6.97. The number of methoxy groups -OCH3 is 1. The fourth-order valence-corrected chi connectivity index (χ4v) is 4.91. The highest BCUT2D eigenvalue weighted by atomic mass is 35.5. The number of halogens is 1. The summed E-state index contributed by atoms with van der Waals surface area (Å²) >= 11 is 5.99. The van der Waals surface area contributed by atoms with Gasteiger partial charge in [-0.2, -0.15) is 0 Å². The van der Waals surface area contributed by atoms with Crippen molar-refractivity contribution in [2.45, 2.75) is 52.5 Å². The van der Waals surface area contributed by atoms with E-state index in [9.17, 15) is 9.59 Å².